The first kappa shape index (κ1) is 16.8. The molecule has 1 saturated heterocycles. The van der Waals surface area contributed by atoms with Crippen LogP contribution in [-0.4, -0.2) is 48.9 Å². The molecule has 2 rings (SSSR count). The molecule has 1 aromatic rings. The standard InChI is InChI=1S/C17H26N2O3/c1-18-16(9-11-20)15-8-5-10-19(12-15)17(21)22-13-14-6-3-2-4-7-14/h2-4,6-7,15-16,18,20H,5,8-13H2,1H3. The Morgan fingerprint density at radius 2 is 2.23 bits per heavy atom. The zero-order valence-electron chi connectivity index (χ0n) is 13.2. The predicted molar refractivity (Wildman–Crippen MR) is 85.5 cm³/mol. The minimum absolute atomic E-state index is 0.167. The number of amides is 1. The molecule has 0 spiro atoms. The Kier molecular flexibility index (Phi) is 6.68. The maximum atomic E-state index is 12.2. The summed E-state index contributed by atoms with van der Waals surface area (Å²) in [7, 11) is 1.91. The van der Waals surface area contributed by atoms with Crippen molar-refractivity contribution in [2.24, 2.45) is 5.92 Å². The van der Waals surface area contributed by atoms with Gasteiger partial charge in [0.2, 0.25) is 0 Å². The van der Waals surface area contributed by atoms with Crippen LogP contribution in [0.3, 0.4) is 0 Å². The van der Waals surface area contributed by atoms with E-state index in [9.17, 15) is 4.79 Å². The number of hydrogen-bond donors (Lipinski definition) is 2. The molecule has 2 atom stereocenters. The summed E-state index contributed by atoms with van der Waals surface area (Å²) in [6.45, 7) is 1.92. The van der Waals surface area contributed by atoms with E-state index in [1.165, 1.54) is 0 Å². The second-order valence-electron chi connectivity index (χ2n) is 5.80. The number of aliphatic hydroxyl groups excluding tert-OH is 1. The number of likely N-dealkylation sites (tertiary alicyclic amines) is 1. The predicted octanol–water partition coefficient (Wildman–Crippen LogP) is 2.01. The lowest BCUT2D eigenvalue weighted by Crippen LogP contribution is -2.47. The van der Waals surface area contributed by atoms with Crippen molar-refractivity contribution in [1.82, 2.24) is 10.2 Å². The van der Waals surface area contributed by atoms with Crippen LogP contribution in [0.1, 0.15) is 24.8 Å². The summed E-state index contributed by atoms with van der Waals surface area (Å²) in [6, 6.07) is 9.96. The molecule has 0 saturated carbocycles. The van der Waals surface area contributed by atoms with E-state index in [0.29, 0.717) is 25.5 Å². The van der Waals surface area contributed by atoms with Crippen LogP contribution in [0.4, 0.5) is 4.79 Å². The van der Waals surface area contributed by atoms with E-state index in [2.05, 4.69) is 5.32 Å². The molecule has 22 heavy (non-hydrogen) atoms. The molecule has 0 radical (unpaired) electrons. The van der Waals surface area contributed by atoms with Gasteiger partial charge in [0.1, 0.15) is 6.61 Å². The highest BCUT2D eigenvalue weighted by molar-refractivity contribution is 5.67. The van der Waals surface area contributed by atoms with E-state index in [-0.39, 0.29) is 18.7 Å². The topological polar surface area (TPSA) is 61.8 Å². The molecule has 5 heteroatoms. The molecule has 0 aliphatic carbocycles. The molecule has 2 unspecified atom stereocenters. The second-order valence-corrected chi connectivity index (χ2v) is 5.80. The van der Waals surface area contributed by atoms with Crippen molar-refractivity contribution < 1.29 is 14.6 Å². The maximum Gasteiger partial charge on any atom is 0.410 e. The third-order valence-corrected chi connectivity index (χ3v) is 4.30. The fourth-order valence-corrected chi connectivity index (χ4v) is 3.07. The van der Waals surface area contributed by atoms with Crippen molar-refractivity contribution in [3.63, 3.8) is 0 Å². The number of hydrogen-bond acceptors (Lipinski definition) is 4. The Morgan fingerprint density at radius 3 is 2.91 bits per heavy atom. The number of rotatable bonds is 6. The molecule has 1 heterocycles. The van der Waals surface area contributed by atoms with Gasteiger partial charge in [0.25, 0.3) is 0 Å². The minimum Gasteiger partial charge on any atom is -0.445 e. The zero-order valence-corrected chi connectivity index (χ0v) is 13.2. The van der Waals surface area contributed by atoms with E-state index in [1.54, 1.807) is 4.90 Å². The SMILES string of the molecule is CNC(CCO)C1CCCN(C(=O)OCc2ccccc2)C1. The van der Waals surface area contributed by atoms with Crippen molar-refractivity contribution >= 4 is 6.09 Å². The highest BCUT2D eigenvalue weighted by atomic mass is 16.6. The number of benzene rings is 1. The van der Waals surface area contributed by atoms with Crippen LogP contribution in [-0.2, 0) is 11.3 Å². The summed E-state index contributed by atoms with van der Waals surface area (Å²) in [5.41, 5.74) is 0.998. The number of nitrogens with one attached hydrogen (secondary N) is 1. The van der Waals surface area contributed by atoms with Crippen molar-refractivity contribution in [3.05, 3.63) is 35.9 Å². The number of carbonyl (C=O) groups is 1. The largest absolute Gasteiger partial charge is 0.445 e. The highest BCUT2D eigenvalue weighted by Crippen LogP contribution is 2.22. The Labute approximate surface area is 132 Å². The van der Waals surface area contributed by atoms with Crippen molar-refractivity contribution in [2.45, 2.75) is 31.9 Å². The molecule has 1 aliphatic heterocycles. The molecule has 0 bridgehead atoms. The number of ether oxygens (including phenoxy) is 1. The molecule has 0 aromatic heterocycles. The zero-order chi connectivity index (χ0) is 15.8. The van der Waals surface area contributed by atoms with Gasteiger partial charge in [-0.25, -0.2) is 4.79 Å². The van der Waals surface area contributed by atoms with Gasteiger partial charge >= 0.3 is 6.09 Å². The quantitative estimate of drug-likeness (QED) is 0.844. The van der Waals surface area contributed by atoms with E-state index in [0.717, 1.165) is 24.9 Å². The van der Waals surface area contributed by atoms with E-state index < -0.39 is 0 Å². The third-order valence-electron chi connectivity index (χ3n) is 4.30. The Morgan fingerprint density at radius 1 is 1.45 bits per heavy atom. The average molecular weight is 306 g/mol. The van der Waals surface area contributed by atoms with Crippen molar-refractivity contribution in [3.8, 4) is 0 Å². The van der Waals surface area contributed by atoms with Gasteiger partial charge in [0.15, 0.2) is 0 Å². The number of carbonyl (C=O) groups excluding carboxylic acids is 1. The van der Waals surface area contributed by atoms with Crippen LogP contribution in [0.25, 0.3) is 0 Å². The summed E-state index contributed by atoms with van der Waals surface area (Å²) in [5, 5.41) is 12.4. The molecule has 1 aliphatic rings. The number of aliphatic hydroxyl groups is 1. The van der Waals surface area contributed by atoms with Crippen LogP contribution in [0.2, 0.25) is 0 Å². The van der Waals surface area contributed by atoms with Gasteiger partial charge < -0.3 is 20.1 Å². The lowest BCUT2D eigenvalue weighted by molar-refractivity contribution is 0.0719. The van der Waals surface area contributed by atoms with Crippen LogP contribution >= 0.6 is 0 Å². The molecule has 5 nitrogen and oxygen atoms in total. The van der Waals surface area contributed by atoms with Crippen molar-refractivity contribution in [1.29, 1.82) is 0 Å². The summed E-state index contributed by atoms with van der Waals surface area (Å²) < 4.78 is 5.41. The molecule has 1 aromatic carbocycles. The van der Waals surface area contributed by atoms with E-state index in [4.69, 9.17) is 9.84 Å². The molecule has 1 fully saturated rings. The first-order valence-electron chi connectivity index (χ1n) is 7.98. The number of piperidine rings is 1. The van der Waals surface area contributed by atoms with E-state index >= 15 is 0 Å². The van der Waals surface area contributed by atoms with Gasteiger partial charge in [-0.1, -0.05) is 30.3 Å². The molecule has 1 amide bonds. The normalized spacial score (nSPS) is 19.7. The molecule has 122 valence electrons. The average Bonchev–Trinajstić information content (AvgIpc) is 2.58. The molecule has 2 N–H and O–H groups in total. The fourth-order valence-electron chi connectivity index (χ4n) is 3.07. The Balaban J connectivity index is 1.84. The summed E-state index contributed by atoms with van der Waals surface area (Å²) >= 11 is 0. The van der Waals surface area contributed by atoms with Crippen LogP contribution < -0.4 is 5.32 Å². The molecular weight excluding hydrogens is 280 g/mol. The summed E-state index contributed by atoms with van der Waals surface area (Å²) in [4.78, 5) is 14.0. The third kappa shape index (κ3) is 4.71. The van der Waals surface area contributed by atoms with Crippen LogP contribution in [0, 0.1) is 5.92 Å². The summed E-state index contributed by atoms with van der Waals surface area (Å²) in [6.07, 6.45) is 2.53. The monoisotopic (exact) mass is 306 g/mol. The first-order chi connectivity index (χ1) is 10.7. The molecular formula is C17H26N2O3. The van der Waals surface area contributed by atoms with Gasteiger partial charge in [0, 0.05) is 25.7 Å². The summed E-state index contributed by atoms with van der Waals surface area (Å²) in [5.74, 6) is 0.371. The van der Waals surface area contributed by atoms with Gasteiger partial charge in [-0.2, -0.15) is 0 Å². The maximum absolute atomic E-state index is 12.2. The van der Waals surface area contributed by atoms with Crippen LogP contribution in [0.5, 0.6) is 0 Å². The smallest absolute Gasteiger partial charge is 0.410 e. The second kappa shape index (κ2) is 8.76. The number of nitrogens with zero attached hydrogens (tertiary/aromatic N) is 1. The van der Waals surface area contributed by atoms with E-state index in [1.807, 2.05) is 37.4 Å². The lowest BCUT2D eigenvalue weighted by Gasteiger charge is -2.36. The highest BCUT2D eigenvalue weighted by Gasteiger charge is 2.29. The van der Waals surface area contributed by atoms with Crippen molar-refractivity contribution in [2.75, 3.05) is 26.7 Å². The Hall–Kier alpha value is -1.59. The Bertz CT molecular complexity index is 452. The van der Waals surface area contributed by atoms with Crippen LogP contribution in [0.15, 0.2) is 30.3 Å². The lowest BCUT2D eigenvalue weighted by atomic mass is 9.89. The fraction of sp³-hybridized carbons (Fsp3) is 0.588. The van der Waals surface area contributed by atoms with Gasteiger partial charge in [0.05, 0.1) is 0 Å². The van der Waals surface area contributed by atoms with Gasteiger partial charge in [-0.3, -0.25) is 0 Å². The first-order valence-corrected chi connectivity index (χ1v) is 7.98. The minimum atomic E-state index is -0.243. The van der Waals surface area contributed by atoms with Gasteiger partial charge in [-0.15, -0.1) is 0 Å². The van der Waals surface area contributed by atoms with Gasteiger partial charge in [-0.05, 0) is 37.8 Å².